The van der Waals surface area contributed by atoms with Gasteiger partial charge in [-0.3, -0.25) is 4.99 Å². The molecule has 2 fully saturated rings. The molecule has 2 nitrogen and oxygen atoms in total. The largest absolute Gasteiger partial charge is 0.361 e. The van der Waals surface area contributed by atoms with Gasteiger partial charge in [-0.25, -0.2) is 0 Å². The molecule has 1 aliphatic carbocycles. The normalized spacial score (nSPS) is 34.4. The van der Waals surface area contributed by atoms with E-state index in [4.69, 9.17) is 4.99 Å². The Morgan fingerprint density at radius 2 is 2.28 bits per heavy atom. The minimum absolute atomic E-state index is 0.572. The van der Waals surface area contributed by atoms with Crippen LogP contribution >= 0.6 is 23.5 Å². The highest BCUT2D eigenvalue weighted by Crippen LogP contribution is 2.33. The first kappa shape index (κ1) is 14.6. The summed E-state index contributed by atoms with van der Waals surface area (Å²) < 4.78 is 0. The molecule has 4 heteroatoms. The van der Waals surface area contributed by atoms with Crippen molar-refractivity contribution < 1.29 is 0 Å². The number of hydrogen-bond donors (Lipinski definition) is 1. The van der Waals surface area contributed by atoms with Gasteiger partial charge in [0.1, 0.15) is 0 Å². The molecule has 0 radical (unpaired) electrons. The maximum absolute atomic E-state index is 4.98. The van der Waals surface area contributed by atoms with Crippen LogP contribution in [0.25, 0.3) is 0 Å². The van der Waals surface area contributed by atoms with Crippen molar-refractivity contribution in [3.8, 4) is 0 Å². The zero-order valence-electron chi connectivity index (χ0n) is 11.8. The Bertz CT molecular complexity index is 292. The molecule has 2 rings (SSSR count). The van der Waals surface area contributed by atoms with Crippen molar-refractivity contribution in [1.82, 2.24) is 5.32 Å². The van der Waals surface area contributed by atoms with Crippen molar-refractivity contribution in [3.05, 3.63) is 0 Å². The van der Waals surface area contributed by atoms with Crippen LogP contribution in [0.15, 0.2) is 4.99 Å². The molecule has 1 heterocycles. The van der Waals surface area contributed by atoms with Crippen molar-refractivity contribution in [1.29, 1.82) is 0 Å². The maximum Gasteiger partial charge on any atom is 0.157 e. The first-order chi connectivity index (χ1) is 8.69. The summed E-state index contributed by atoms with van der Waals surface area (Å²) in [6.07, 6.45) is 5.28. The zero-order chi connectivity index (χ0) is 13.0. The number of rotatable bonds is 5. The number of thioether (sulfide) groups is 2. The van der Waals surface area contributed by atoms with Gasteiger partial charge in [-0.15, -0.1) is 0 Å². The van der Waals surface area contributed by atoms with Crippen LogP contribution in [0.3, 0.4) is 0 Å². The van der Waals surface area contributed by atoms with E-state index in [1.165, 1.54) is 42.4 Å². The second kappa shape index (κ2) is 7.09. The van der Waals surface area contributed by atoms with Crippen molar-refractivity contribution in [2.24, 2.45) is 10.9 Å². The molecule has 0 bridgehead atoms. The molecule has 0 amide bonds. The molecule has 0 aromatic rings. The second-order valence-electron chi connectivity index (χ2n) is 5.71. The van der Waals surface area contributed by atoms with Crippen molar-refractivity contribution in [2.75, 3.05) is 11.5 Å². The van der Waals surface area contributed by atoms with E-state index in [0.29, 0.717) is 12.1 Å². The third-order valence-electron chi connectivity index (χ3n) is 3.59. The molecule has 104 valence electrons. The highest BCUT2D eigenvalue weighted by atomic mass is 32.2. The highest BCUT2D eigenvalue weighted by molar-refractivity contribution is 8.14. The lowest BCUT2D eigenvalue weighted by Gasteiger charge is -2.16. The van der Waals surface area contributed by atoms with Crippen molar-refractivity contribution in [2.45, 2.75) is 63.8 Å². The molecular formula is C14H26N2S2. The van der Waals surface area contributed by atoms with E-state index < -0.39 is 0 Å². The van der Waals surface area contributed by atoms with Gasteiger partial charge in [-0.1, -0.05) is 39.0 Å². The predicted molar refractivity (Wildman–Crippen MR) is 85.8 cm³/mol. The maximum atomic E-state index is 4.98. The van der Waals surface area contributed by atoms with E-state index in [0.717, 1.165) is 11.2 Å². The van der Waals surface area contributed by atoms with E-state index in [1.807, 2.05) is 11.8 Å². The number of hydrogen-bond acceptors (Lipinski definition) is 3. The lowest BCUT2D eigenvalue weighted by molar-refractivity contribution is 0.502. The zero-order valence-corrected chi connectivity index (χ0v) is 13.4. The minimum atomic E-state index is 0.572. The monoisotopic (exact) mass is 286 g/mol. The molecule has 0 aromatic carbocycles. The van der Waals surface area contributed by atoms with Crippen molar-refractivity contribution in [3.63, 3.8) is 0 Å². The molecule has 1 aliphatic heterocycles. The van der Waals surface area contributed by atoms with Crippen molar-refractivity contribution >= 4 is 28.7 Å². The van der Waals surface area contributed by atoms with Crippen LogP contribution in [-0.4, -0.2) is 34.0 Å². The summed E-state index contributed by atoms with van der Waals surface area (Å²) in [7, 11) is 0. The number of nitrogens with zero attached hydrogens (tertiary/aromatic N) is 1. The highest BCUT2D eigenvalue weighted by Gasteiger charge is 2.29. The van der Waals surface area contributed by atoms with Crippen LogP contribution in [0.5, 0.6) is 0 Å². The molecule has 3 atom stereocenters. The van der Waals surface area contributed by atoms with Gasteiger partial charge in [0.15, 0.2) is 5.17 Å². The van der Waals surface area contributed by atoms with Gasteiger partial charge in [0, 0.05) is 17.0 Å². The first-order valence-electron chi connectivity index (χ1n) is 7.27. The van der Waals surface area contributed by atoms with Gasteiger partial charge < -0.3 is 5.32 Å². The van der Waals surface area contributed by atoms with Gasteiger partial charge in [-0.05, 0) is 30.9 Å². The predicted octanol–water partition coefficient (Wildman–Crippen LogP) is 3.77. The molecule has 0 aromatic heterocycles. The molecule has 0 spiro atoms. The van der Waals surface area contributed by atoms with E-state index in [-0.39, 0.29) is 0 Å². The van der Waals surface area contributed by atoms with Crippen LogP contribution in [0.2, 0.25) is 0 Å². The fourth-order valence-electron chi connectivity index (χ4n) is 2.82. The van der Waals surface area contributed by atoms with Crippen LogP contribution in [0, 0.1) is 5.92 Å². The Labute approximate surface area is 120 Å². The number of amidine groups is 1. The van der Waals surface area contributed by atoms with Gasteiger partial charge in [-0.2, -0.15) is 11.8 Å². The van der Waals surface area contributed by atoms with Gasteiger partial charge >= 0.3 is 0 Å². The second-order valence-corrected chi connectivity index (χ2v) is 8.23. The molecule has 1 saturated carbocycles. The summed E-state index contributed by atoms with van der Waals surface area (Å²) in [5.74, 6) is 3.20. The topological polar surface area (TPSA) is 24.4 Å². The van der Waals surface area contributed by atoms with E-state index >= 15 is 0 Å². The van der Waals surface area contributed by atoms with Gasteiger partial charge in [0.05, 0.1) is 6.04 Å². The number of nitrogens with one attached hydrogen (secondary N) is 1. The Hall–Kier alpha value is 0.170. The summed E-state index contributed by atoms with van der Waals surface area (Å²) in [4.78, 5) is 4.98. The van der Waals surface area contributed by atoms with Crippen LogP contribution < -0.4 is 5.32 Å². The first-order valence-corrected chi connectivity index (χ1v) is 9.31. The third-order valence-corrected chi connectivity index (χ3v) is 5.96. The molecule has 1 saturated heterocycles. The summed E-state index contributed by atoms with van der Waals surface area (Å²) in [5, 5.41) is 5.60. The van der Waals surface area contributed by atoms with Crippen LogP contribution in [0.4, 0.5) is 0 Å². The molecule has 1 N–H and O–H groups in total. The van der Waals surface area contributed by atoms with E-state index in [1.54, 1.807) is 0 Å². The average molecular weight is 287 g/mol. The smallest absolute Gasteiger partial charge is 0.157 e. The fourth-order valence-corrected chi connectivity index (χ4v) is 5.04. The van der Waals surface area contributed by atoms with Crippen LogP contribution in [-0.2, 0) is 0 Å². The quantitative estimate of drug-likeness (QED) is 0.832. The molecule has 2 aliphatic rings. The molecule has 18 heavy (non-hydrogen) atoms. The van der Waals surface area contributed by atoms with Crippen LogP contribution in [0.1, 0.15) is 46.5 Å². The molecule has 3 unspecified atom stereocenters. The molecular weight excluding hydrogens is 260 g/mol. The SMILES string of the molecule is CCSC1CCCC1N=C1NC(CC(C)C)CS1. The van der Waals surface area contributed by atoms with E-state index in [2.05, 4.69) is 37.8 Å². The van der Waals surface area contributed by atoms with Gasteiger partial charge in [0.25, 0.3) is 0 Å². The average Bonchev–Trinajstić information content (AvgIpc) is 2.90. The summed E-state index contributed by atoms with van der Waals surface area (Å²) in [5.41, 5.74) is 0. The minimum Gasteiger partial charge on any atom is -0.361 e. The fraction of sp³-hybridized carbons (Fsp3) is 0.929. The third kappa shape index (κ3) is 4.09. The Kier molecular flexibility index (Phi) is 5.74. The van der Waals surface area contributed by atoms with Gasteiger partial charge in [0.2, 0.25) is 0 Å². The summed E-state index contributed by atoms with van der Waals surface area (Å²) >= 11 is 4.03. The Morgan fingerprint density at radius 1 is 1.44 bits per heavy atom. The number of aliphatic imine (C=N–C) groups is 1. The lowest BCUT2D eigenvalue weighted by Crippen LogP contribution is -2.29. The Morgan fingerprint density at radius 3 is 3.00 bits per heavy atom. The lowest BCUT2D eigenvalue weighted by atomic mass is 10.1. The van der Waals surface area contributed by atoms with E-state index in [9.17, 15) is 0 Å². The summed E-state index contributed by atoms with van der Waals surface area (Å²) in [6, 6.07) is 1.22. The Balaban J connectivity index is 1.86. The summed E-state index contributed by atoms with van der Waals surface area (Å²) in [6.45, 7) is 6.85. The standard InChI is InChI=1S/C14H26N2S2/c1-4-17-13-7-5-6-12(13)16-14-15-11(9-18-14)8-10(2)3/h10-13H,4-9H2,1-3H3,(H,15,16).